The standard InChI is InChI=1S/C17H24N4O2/c1-13(22)12-20-8-10-21(11-9-20)14(2)17-18-16(19-23-17)15-6-4-3-5-7-15/h3-7,13-14,22H,8-12H2,1-2H3/t13-,14-/m0/s1. The lowest BCUT2D eigenvalue weighted by molar-refractivity contribution is 0.0582. The number of piperazine rings is 1. The van der Waals surface area contributed by atoms with Crippen LogP contribution in [0, 0.1) is 0 Å². The minimum atomic E-state index is -0.275. The van der Waals surface area contributed by atoms with Gasteiger partial charge in [0.1, 0.15) is 0 Å². The van der Waals surface area contributed by atoms with Crippen LogP contribution in [0.1, 0.15) is 25.8 Å². The summed E-state index contributed by atoms with van der Waals surface area (Å²) in [4.78, 5) is 9.19. The van der Waals surface area contributed by atoms with E-state index < -0.39 is 0 Å². The minimum Gasteiger partial charge on any atom is -0.392 e. The van der Waals surface area contributed by atoms with Crippen LogP contribution in [0.4, 0.5) is 0 Å². The smallest absolute Gasteiger partial charge is 0.244 e. The molecule has 1 N–H and O–H groups in total. The molecule has 0 saturated carbocycles. The van der Waals surface area contributed by atoms with Gasteiger partial charge in [-0.3, -0.25) is 9.80 Å². The highest BCUT2D eigenvalue weighted by molar-refractivity contribution is 5.53. The molecule has 1 saturated heterocycles. The first-order chi connectivity index (χ1) is 11.1. The molecule has 0 radical (unpaired) electrons. The van der Waals surface area contributed by atoms with Crippen molar-refractivity contribution < 1.29 is 9.63 Å². The van der Waals surface area contributed by atoms with E-state index >= 15 is 0 Å². The summed E-state index contributed by atoms with van der Waals surface area (Å²) in [5.74, 6) is 1.30. The molecular formula is C17H24N4O2. The molecule has 0 bridgehead atoms. The summed E-state index contributed by atoms with van der Waals surface area (Å²) in [6.07, 6.45) is -0.275. The van der Waals surface area contributed by atoms with Gasteiger partial charge in [-0.25, -0.2) is 0 Å². The second kappa shape index (κ2) is 7.21. The fourth-order valence-electron chi connectivity index (χ4n) is 2.97. The molecule has 2 heterocycles. The highest BCUT2D eigenvalue weighted by Crippen LogP contribution is 2.23. The Morgan fingerprint density at radius 2 is 1.83 bits per heavy atom. The summed E-state index contributed by atoms with van der Waals surface area (Å²) in [5.41, 5.74) is 0.969. The van der Waals surface area contributed by atoms with Gasteiger partial charge in [0.15, 0.2) is 0 Å². The second-order valence-electron chi connectivity index (χ2n) is 6.18. The van der Waals surface area contributed by atoms with Crippen LogP contribution in [0.5, 0.6) is 0 Å². The fourth-order valence-corrected chi connectivity index (χ4v) is 2.97. The Bertz CT molecular complexity index is 606. The first-order valence-electron chi connectivity index (χ1n) is 8.17. The SMILES string of the molecule is C[C@H](O)CN1CCN([C@@H](C)c2nc(-c3ccccc3)no2)CC1. The summed E-state index contributed by atoms with van der Waals surface area (Å²) < 4.78 is 5.47. The highest BCUT2D eigenvalue weighted by atomic mass is 16.5. The van der Waals surface area contributed by atoms with Crippen LogP contribution in [-0.4, -0.2) is 63.9 Å². The molecule has 1 aliphatic heterocycles. The molecule has 0 unspecified atom stereocenters. The predicted molar refractivity (Wildman–Crippen MR) is 87.8 cm³/mol. The van der Waals surface area contributed by atoms with Crippen molar-refractivity contribution in [1.29, 1.82) is 0 Å². The summed E-state index contributed by atoms with van der Waals surface area (Å²) >= 11 is 0. The Morgan fingerprint density at radius 3 is 2.48 bits per heavy atom. The van der Waals surface area contributed by atoms with Crippen LogP contribution in [0.2, 0.25) is 0 Å². The van der Waals surface area contributed by atoms with E-state index in [1.165, 1.54) is 0 Å². The van der Waals surface area contributed by atoms with Crippen molar-refractivity contribution in [2.24, 2.45) is 0 Å². The van der Waals surface area contributed by atoms with Gasteiger partial charge in [-0.1, -0.05) is 35.5 Å². The number of benzene rings is 1. The molecule has 1 aliphatic rings. The molecule has 124 valence electrons. The lowest BCUT2D eigenvalue weighted by Crippen LogP contribution is -2.48. The number of rotatable bonds is 5. The van der Waals surface area contributed by atoms with E-state index in [1.807, 2.05) is 37.3 Å². The molecule has 0 aliphatic carbocycles. The molecule has 23 heavy (non-hydrogen) atoms. The van der Waals surface area contributed by atoms with Gasteiger partial charge in [-0.15, -0.1) is 0 Å². The van der Waals surface area contributed by atoms with Gasteiger partial charge >= 0.3 is 0 Å². The van der Waals surface area contributed by atoms with Gasteiger partial charge in [0, 0.05) is 38.3 Å². The zero-order chi connectivity index (χ0) is 16.2. The van der Waals surface area contributed by atoms with E-state index in [4.69, 9.17) is 4.52 Å². The van der Waals surface area contributed by atoms with Gasteiger partial charge in [0.05, 0.1) is 12.1 Å². The number of hydrogen-bond donors (Lipinski definition) is 1. The Hall–Kier alpha value is -1.76. The van der Waals surface area contributed by atoms with Crippen molar-refractivity contribution >= 4 is 0 Å². The highest BCUT2D eigenvalue weighted by Gasteiger charge is 2.26. The van der Waals surface area contributed by atoms with Gasteiger partial charge in [0.2, 0.25) is 11.7 Å². The number of aliphatic hydroxyl groups is 1. The molecule has 0 spiro atoms. The van der Waals surface area contributed by atoms with Crippen LogP contribution < -0.4 is 0 Å². The van der Waals surface area contributed by atoms with Crippen molar-refractivity contribution in [3.05, 3.63) is 36.2 Å². The third kappa shape index (κ3) is 3.96. The predicted octanol–water partition coefficient (Wildman–Crippen LogP) is 1.80. The summed E-state index contributed by atoms with van der Waals surface area (Å²) in [6, 6.07) is 9.97. The van der Waals surface area contributed by atoms with Crippen molar-refractivity contribution in [1.82, 2.24) is 19.9 Å². The van der Waals surface area contributed by atoms with Crippen molar-refractivity contribution in [2.45, 2.75) is 26.0 Å². The normalized spacial score (nSPS) is 19.6. The maximum Gasteiger partial charge on any atom is 0.244 e. The van der Waals surface area contributed by atoms with Gasteiger partial charge in [-0.2, -0.15) is 4.98 Å². The maximum atomic E-state index is 9.48. The van der Waals surface area contributed by atoms with Crippen LogP contribution in [0.3, 0.4) is 0 Å². The first kappa shape index (κ1) is 16.1. The van der Waals surface area contributed by atoms with Crippen molar-refractivity contribution in [3.63, 3.8) is 0 Å². The van der Waals surface area contributed by atoms with Gasteiger partial charge < -0.3 is 9.63 Å². The van der Waals surface area contributed by atoms with Crippen molar-refractivity contribution in [2.75, 3.05) is 32.7 Å². The molecule has 2 atom stereocenters. The fraction of sp³-hybridized carbons (Fsp3) is 0.529. The third-order valence-electron chi connectivity index (χ3n) is 4.31. The van der Waals surface area contributed by atoms with Gasteiger partial charge in [0.25, 0.3) is 0 Å². The Labute approximate surface area is 136 Å². The minimum absolute atomic E-state index is 0.105. The second-order valence-corrected chi connectivity index (χ2v) is 6.18. The number of nitrogens with zero attached hydrogens (tertiary/aromatic N) is 4. The number of hydrogen-bond acceptors (Lipinski definition) is 6. The maximum absolute atomic E-state index is 9.48. The monoisotopic (exact) mass is 316 g/mol. The topological polar surface area (TPSA) is 65.6 Å². The van der Waals surface area contributed by atoms with E-state index in [9.17, 15) is 5.11 Å². The molecule has 6 nitrogen and oxygen atoms in total. The number of β-amino-alcohol motifs (C(OH)–C–C–N with tert-alkyl or cyclic N) is 1. The quantitative estimate of drug-likeness (QED) is 0.907. The van der Waals surface area contributed by atoms with Crippen molar-refractivity contribution in [3.8, 4) is 11.4 Å². The molecule has 1 fully saturated rings. The summed E-state index contributed by atoms with van der Waals surface area (Å²) in [7, 11) is 0. The lowest BCUT2D eigenvalue weighted by Gasteiger charge is -2.37. The van der Waals surface area contributed by atoms with E-state index in [0.29, 0.717) is 11.7 Å². The average Bonchev–Trinajstić information content (AvgIpc) is 3.05. The van der Waals surface area contributed by atoms with Crippen LogP contribution in [-0.2, 0) is 0 Å². The Balaban J connectivity index is 1.61. The Morgan fingerprint density at radius 1 is 1.13 bits per heavy atom. The van der Waals surface area contributed by atoms with E-state index in [1.54, 1.807) is 0 Å². The lowest BCUT2D eigenvalue weighted by atomic mass is 10.2. The third-order valence-corrected chi connectivity index (χ3v) is 4.31. The van der Waals surface area contributed by atoms with E-state index in [-0.39, 0.29) is 12.1 Å². The zero-order valence-corrected chi connectivity index (χ0v) is 13.7. The first-order valence-corrected chi connectivity index (χ1v) is 8.17. The number of aliphatic hydroxyl groups excluding tert-OH is 1. The average molecular weight is 316 g/mol. The molecule has 0 amide bonds. The zero-order valence-electron chi connectivity index (χ0n) is 13.7. The molecular weight excluding hydrogens is 292 g/mol. The molecule has 2 aromatic rings. The van der Waals surface area contributed by atoms with Gasteiger partial charge in [-0.05, 0) is 13.8 Å². The van der Waals surface area contributed by atoms with E-state index in [2.05, 4.69) is 26.9 Å². The van der Waals surface area contributed by atoms with E-state index in [0.717, 1.165) is 38.3 Å². The molecule has 6 heteroatoms. The molecule has 3 rings (SSSR count). The van der Waals surface area contributed by atoms with Crippen LogP contribution >= 0.6 is 0 Å². The van der Waals surface area contributed by atoms with Crippen LogP contribution in [0.15, 0.2) is 34.9 Å². The molecule has 1 aromatic heterocycles. The summed E-state index contributed by atoms with van der Waals surface area (Å²) in [5, 5.41) is 13.6. The summed E-state index contributed by atoms with van der Waals surface area (Å²) in [6.45, 7) is 8.46. The number of aromatic nitrogens is 2. The molecule has 1 aromatic carbocycles. The Kier molecular flexibility index (Phi) is 5.05. The van der Waals surface area contributed by atoms with Crippen LogP contribution in [0.25, 0.3) is 11.4 Å². The largest absolute Gasteiger partial charge is 0.392 e.